The number of hydrogen-bond acceptors (Lipinski definition) is 4. The monoisotopic (exact) mass is 342 g/mol. The maximum atomic E-state index is 12.7. The van der Waals surface area contributed by atoms with Crippen molar-refractivity contribution in [1.82, 2.24) is 10.2 Å². The predicted molar refractivity (Wildman–Crippen MR) is 89.9 cm³/mol. The summed E-state index contributed by atoms with van der Waals surface area (Å²) in [5.41, 5.74) is 1.51. The summed E-state index contributed by atoms with van der Waals surface area (Å²) in [6, 6.07) is 4.98. The molecule has 0 aromatic heterocycles. The predicted octanol–water partition coefficient (Wildman–Crippen LogP) is 2.01. The van der Waals surface area contributed by atoms with Gasteiger partial charge in [0.15, 0.2) is 0 Å². The van der Waals surface area contributed by atoms with Crippen LogP contribution in [0.1, 0.15) is 54.9 Å². The first-order chi connectivity index (χ1) is 12.0. The minimum atomic E-state index is -0.572. The van der Waals surface area contributed by atoms with Gasteiger partial charge in [-0.25, -0.2) is 0 Å². The first-order valence-corrected chi connectivity index (χ1v) is 8.97. The number of fused-ring (bicyclic) bond motifs is 1. The zero-order valence-corrected chi connectivity index (χ0v) is 14.3. The van der Waals surface area contributed by atoms with Crippen LogP contribution in [0.5, 0.6) is 5.75 Å². The zero-order chi connectivity index (χ0) is 17.6. The van der Waals surface area contributed by atoms with E-state index in [-0.39, 0.29) is 30.2 Å². The maximum absolute atomic E-state index is 12.7. The van der Waals surface area contributed by atoms with Crippen LogP contribution in [0.4, 0.5) is 0 Å². The van der Waals surface area contributed by atoms with Crippen LogP contribution in [0.15, 0.2) is 18.2 Å². The number of ether oxygens (including phenoxy) is 1. The van der Waals surface area contributed by atoms with Gasteiger partial charge in [-0.1, -0.05) is 6.92 Å². The number of carbonyl (C=O) groups is 3. The van der Waals surface area contributed by atoms with E-state index in [0.717, 1.165) is 17.7 Å². The molecule has 1 aromatic carbocycles. The minimum Gasteiger partial charge on any atom is -0.490 e. The molecule has 1 saturated carbocycles. The lowest BCUT2D eigenvalue weighted by molar-refractivity contribution is -0.136. The molecule has 0 spiro atoms. The van der Waals surface area contributed by atoms with E-state index < -0.39 is 6.04 Å². The van der Waals surface area contributed by atoms with E-state index >= 15 is 0 Å². The van der Waals surface area contributed by atoms with Crippen molar-refractivity contribution >= 4 is 17.7 Å². The quantitative estimate of drug-likeness (QED) is 0.853. The van der Waals surface area contributed by atoms with Gasteiger partial charge in [0.1, 0.15) is 17.9 Å². The van der Waals surface area contributed by atoms with E-state index in [1.54, 1.807) is 11.0 Å². The highest BCUT2D eigenvalue weighted by molar-refractivity contribution is 6.05. The second-order valence-corrected chi connectivity index (χ2v) is 7.28. The zero-order valence-electron chi connectivity index (χ0n) is 14.3. The number of carbonyl (C=O) groups excluding carboxylic acids is 3. The van der Waals surface area contributed by atoms with Gasteiger partial charge in [0.2, 0.25) is 11.8 Å². The molecule has 3 aliphatic rings. The lowest BCUT2D eigenvalue weighted by Crippen LogP contribution is -2.52. The Labute approximate surface area is 146 Å². The molecule has 1 aromatic rings. The highest BCUT2D eigenvalue weighted by Crippen LogP contribution is 2.33. The maximum Gasteiger partial charge on any atom is 0.255 e. The average molecular weight is 342 g/mol. The van der Waals surface area contributed by atoms with E-state index in [4.69, 9.17) is 4.74 Å². The highest BCUT2D eigenvalue weighted by Gasteiger charge is 2.39. The summed E-state index contributed by atoms with van der Waals surface area (Å²) in [5, 5.41) is 2.32. The normalized spacial score (nSPS) is 28.9. The Kier molecular flexibility index (Phi) is 3.98. The second kappa shape index (κ2) is 6.17. The molecule has 6 heteroatoms. The SMILES string of the molecule is C[C@H]1CCC[C@H]1Oc1ccc2c(c1)CN(C1CCC(=O)NC1=O)C2=O. The van der Waals surface area contributed by atoms with Crippen LogP contribution in [-0.2, 0) is 16.1 Å². The van der Waals surface area contributed by atoms with E-state index in [1.165, 1.54) is 12.8 Å². The van der Waals surface area contributed by atoms with E-state index in [1.807, 2.05) is 12.1 Å². The summed E-state index contributed by atoms with van der Waals surface area (Å²) >= 11 is 0. The van der Waals surface area contributed by atoms with Gasteiger partial charge in [-0.3, -0.25) is 19.7 Å². The van der Waals surface area contributed by atoms with Crippen molar-refractivity contribution in [1.29, 1.82) is 0 Å². The molecule has 1 unspecified atom stereocenters. The number of hydrogen-bond donors (Lipinski definition) is 1. The Morgan fingerprint density at radius 1 is 1.16 bits per heavy atom. The molecular weight excluding hydrogens is 320 g/mol. The van der Waals surface area contributed by atoms with E-state index in [2.05, 4.69) is 12.2 Å². The molecule has 1 aliphatic carbocycles. The molecule has 6 nitrogen and oxygen atoms in total. The largest absolute Gasteiger partial charge is 0.490 e. The molecule has 2 aliphatic heterocycles. The number of benzene rings is 1. The van der Waals surface area contributed by atoms with Gasteiger partial charge in [-0.05, 0) is 55.4 Å². The van der Waals surface area contributed by atoms with Crippen LogP contribution in [0.3, 0.4) is 0 Å². The van der Waals surface area contributed by atoms with Gasteiger partial charge in [0, 0.05) is 18.5 Å². The molecule has 132 valence electrons. The molecule has 0 bridgehead atoms. The summed E-state index contributed by atoms with van der Waals surface area (Å²) < 4.78 is 6.11. The van der Waals surface area contributed by atoms with Crippen molar-refractivity contribution in [2.24, 2.45) is 5.92 Å². The van der Waals surface area contributed by atoms with Gasteiger partial charge in [0.25, 0.3) is 5.91 Å². The molecule has 2 fully saturated rings. The summed E-state index contributed by atoms with van der Waals surface area (Å²) in [5.74, 6) is 0.538. The van der Waals surface area contributed by atoms with Crippen LogP contribution in [0, 0.1) is 5.92 Å². The summed E-state index contributed by atoms with van der Waals surface area (Å²) in [7, 11) is 0. The molecule has 1 saturated heterocycles. The Morgan fingerprint density at radius 2 is 2.00 bits per heavy atom. The third-order valence-corrected chi connectivity index (χ3v) is 5.57. The number of rotatable bonds is 3. The number of amides is 3. The van der Waals surface area contributed by atoms with Crippen LogP contribution in [0.2, 0.25) is 0 Å². The van der Waals surface area contributed by atoms with Crippen molar-refractivity contribution in [3.63, 3.8) is 0 Å². The second-order valence-electron chi connectivity index (χ2n) is 7.28. The third kappa shape index (κ3) is 2.90. The van der Waals surface area contributed by atoms with Crippen LogP contribution < -0.4 is 10.1 Å². The lowest BCUT2D eigenvalue weighted by Gasteiger charge is -2.29. The summed E-state index contributed by atoms with van der Waals surface area (Å²) in [4.78, 5) is 37.6. The topological polar surface area (TPSA) is 75.7 Å². The summed E-state index contributed by atoms with van der Waals surface area (Å²) in [6.45, 7) is 2.59. The lowest BCUT2D eigenvalue weighted by atomic mass is 10.0. The number of nitrogens with zero attached hydrogens (tertiary/aromatic N) is 1. The van der Waals surface area contributed by atoms with Crippen molar-refractivity contribution < 1.29 is 19.1 Å². The van der Waals surface area contributed by atoms with E-state index in [9.17, 15) is 14.4 Å². The third-order valence-electron chi connectivity index (χ3n) is 5.57. The van der Waals surface area contributed by atoms with Gasteiger partial charge in [-0.15, -0.1) is 0 Å². The average Bonchev–Trinajstić information content (AvgIpc) is 3.12. The van der Waals surface area contributed by atoms with Crippen molar-refractivity contribution in [3.8, 4) is 5.75 Å². The minimum absolute atomic E-state index is 0.148. The Morgan fingerprint density at radius 3 is 2.72 bits per heavy atom. The molecule has 0 radical (unpaired) electrons. The molecule has 1 N–H and O–H groups in total. The van der Waals surface area contributed by atoms with Crippen molar-refractivity contribution in [2.75, 3.05) is 0 Å². The van der Waals surface area contributed by atoms with Gasteiger partial charge in [0.05, 0.1) is 0 Å². The van der Waals surface area contributed by atoms with Gasteiger partial charge >= 0.3 is 0 Å². The number of nitrogens with one attached hydrogen (secondary N) is 1. The fourth-order valence-corrected chi connectivity index (χ4v) is 4.09. The van der Waals surface area contributed by atoms with Gasteiger partial charge < -0.3 is 9.64 Å². The van der Waals surface area contributed by atoms with E-state index in [0.29, 0.717) is 24.4 Å². The first-order valence-electron chi connectivity index (χ1n) is 8.97. The highest BCUT2D eigenvalue weighted by atomic mass is 16.5. The Balaban J connectivity index is 1.51. The molecule has 25 heavy (non-hydrogen) atoms. The standard InChI is InChI=1S/C19H22N2O4/c1-11-3-2-4-16(11)25-13-5-6-14-12(9-13)10-21(19(14)24)15-7-8-17(22)20-18(15)23/h5-6,9,11,15-16H,2-4,7-8,10H2,1H3,(H,20,22,23)/t11-,15?,16+/m0/s1. The van der Waals surface area contributed by atoms with Crippen LogP contribution in [0.25, 0.3) is 0 Å². The van der Waals surface area contributed by atoms with Crippen LogP contribution >= 0.6 is 0 Å². The first kappa shape index (κ1) is 16.1. The van der Waals surface area contributed by atoms with Gasteiger partial charge in [-0.2, -0.15) is 0 Å². The number of piperidine rings is 1. The molecular formula is C19H22N2O4. The fourth-order valence-electron chi connectivity index (χ4n) is 4.09. The smallest absolute Gasteiger partial charge is 0.255 e. The molecule has 3 amide bonds. The molecule has 3 atom stereocenters. The van der Waals surface area contributed by atoms with Crippen LogP contribution in [-0.4, -0.2) is 34.8 Å². The summed E-state index contributed by atoms with van der Waals surface area (Å²) in [6.07, 6.45) is 4.34. The van der Waals surface area contributed by atoms with Crippen molar-refractivity contribution in [3.05, 3.63) is 29.3 Å². The fraction of sp³-hybridized carbons (Fsp3) is 0.526. The Hall–Kier alpha value is -2.37. The molecule has 2 heterocycles. The number of imide groups is 1. The Bertz CT molecular complexity index is 745. The molecule has 4 rings (SSSR count). The van der Waals surface area contributed by atoms with Crippen molar-refractivity contribution in [2.45, 2.75) is 57.7 Å².